The molecule has 1 atom stereocenters. The Hall–Kier alpha value is -2.48. The standard InChI is InChI=1S/C23H32N6O2/c1-27-14-16(13-24-27)23(31)29-11-6-5-9-20(29)21-25-19-10-12-28(15-18(19)22(30)26-21)17-7-3-2-4-8-17/h13-14,17,20H,2-12,15H2,1H3,(H,25,26,30). The molecule has 2 aromatic heterocycles. The summed E-state index contributed by atoms with van der Waals surface area (Å²) in [7, 11) is 1.81. The van der Waals surface area contributed by atoms with Crippen molar-refractivity contribution >= 4 is 5.91 Å². The molecule has 1 unspecified atom stereocenters. The molecule has 2 fully saturated rings. The van der Waals surface area contributed by atoms with Gasteiger partial charge in [-0.3, -0.25) is 19.2 Å². The normalized spacial score (nSPS) is 23.0. The number of nitrogens with zero attached hydrogens (tertiary/aromatic N) is 5. The SMILES string of the molecule is Cn1cc(C(=O)N2CCCCC2c2nc3c(c(=O)[nH]2)CN(C2CCCCC2)CC3)cn1. The first-order chi connectivity index (χ1) is 15.1. The number of likely N-dealkylation sites (tertiary alicyclic amines) is 1. The number of H-pyrrole nitrogens is 1. The van der Waals surface area contributed by atoms with Crippen molar-refractivity contribution in [2.45, 2.75) is 76.4 Å². The number of aromatic amines is 1. The van der Waals surface area contributed by atoms with Crippen LogP contribution in [-0.4, -0.2) is 54.6 Å². The zero-order valence-corrected chi connectivity index (χ0v) is 18.3. The molecule has 0 bridgehead atoms. The second-order valence-electron chi connectivity index (χ2n) is 9.30. The first-order valence-corrected chi connectivity index (χ1v) is 11.8. The molecule has 0 spiro atoms. The zero-order chi connectivity index (χ0) is 21.4. The minimum absolute atomic E-state index is 0.0279. The van der Waals surface area contributed by atoms with Gasteiger partial charge in [0.2, 0.25) is 0 Å². The van der Waals surface area contributed by atoms with Crippen molar-refractivity contribution in [3.8, 4) is 0 Å². The Kier molecular flexibility index (Phi) is 5.65. The summed E-state index contributed by atoms with van der Waals surface area (Å²) < 4.78 is 1.64. The van der Waals surface area contributed by atoms with E-state index < -0.39 is 0 Å². The molecule has 8 heteroatoms. The van der Waals surface area contributed by atoms with E-state index in [9.17, 15) is 9.59 Å². The molecule has 4 heterocycles. The highest BCUT2D eigenvalue weighted by molar-refractivity contribution is 5.94. The van der Waals surface area contributed by atoms with E-state index in [0.717, 1.165) is 43.5 Å². The van der Waals surface area contributed by atoms with Gasteiger partial charge in [0.25, 0.3) is 11.5 Å². The number of carbonyl (C=O) groups excluding carboxylic acids is 1. The number of hydrogen-bond acceptors (Lipinski definition) is 5. The molecule has 3 aliphatic rings. The number of amides is 1. The lowest BCUT2D eigenvalue weighted by Gasteiger charge is -2.38. The maximum Gasteiger partial charge on any atom is 0.257 e. The second-order valence-corrected chi connectivity index (χ2v) is 9.30. The summed E-state index contributed by atoms with van der Waals surface area (Å²) in [6.45, 7) is 2.34. The second kappa shape index (κ2) is 8.57. The Morgan fingerprint density at radius 2 is 1.90 bits per heavy atom. The summed E-state index contributed by atoms with van der Waals surface area (Å²) in [5.41, 5.74) is 2.30. The van der Waals surface area contributed by atoms with Gasteiger partial charge in [0.05, 0.1) is 29.1 Å². The Balaban J connectivity index is 1.39. The minimum atomic E-state index is -0.184. The predicted molar refractivity (Wildman–Crippen MR) is 117 cm³/mol. The Bertz CT molecular complexity index is 1010. The van der Waals surface area contributed by atoms with Crippen molar-refractivity contribution in [2.75, 3.05) is 13.1 Å². The van der Waals surface area contributed by atoms with Gasteiger partial charge in [-0.2, -0.15) is 5.10 Å². The number of aromatic nitrogens is 4. The van der Waals surface area contributed by atoms with Crippen molar-refractivity contribution in [1.82, 2.24) is 29.5 Å². The third-order valence-corrected chi connectivity index (χ3v) is 7.24. The molecule has 2 aliphatic heterocycles. The lowest BCUT2D eigenvalue weighted by molar-refractivity contribution is 0.0598. The maximum atomic E-state index is 13.1. The average molecular weight is 425 g/mol. The molecular formula is C23H32N6O2. The predicted octanol–water partition coefficient (Wildman–Crippen LogP) is 2.56. The summed E-state index contributed by atoms with van der Waals surface area (Å²) in [5, 5.41) is 4.14. The monoisotopic (exact) mass is 424 g/mol. The molecule has 0 radical (unpaired) electrons. The minimum Gasteiger partial charge on any atom is -0.328 e. The van der Waals surface area contributed by atoms with Crippen LogP contribution in [0.25, 0.3) is 0 Å². The summed E-state index contributed by atoms with van der Waals surface area (Å²) in [6.07, 6.45) is 13.4. The molecule has 1 saturated heterocycles. The number of rotatable bonds is 3. The third-order valence-electron chi connectivity index (χ3n) is 7.24. The van der Waals surface area contributed by atoms with E-state index in [1.165, 1.54) is 32.1 Å². The van der Waals surface area contributed by atoms with E-state index in [1.54, 1.807) is 17.1 Å². The lowest BCUT2D eigenvalue weighted by atomic mass is 9.92. The maximum absolute atomic E-state index is 13.1. The largest absolute Gasteiger partial charge is 0.328 e. The summed E-state index contributed by atoms with van der Waals surface area (Å²) in [5.74, 6) is 0.605. The van der Waals surface area contributed by atoms with E-state index in [0.29, 0.717) is 30.5 Å². The molecule has 31 heavy (non-hydrogen) atoms. The number of aryl methyl sites for hydroxylation is 1. The van der Waals surface area contributed by atoms with E-state index in [2.05, 4.69) is 15.0 Å². The molecule has 0 aromatic carbocycles. The van der Waals surface area contributed by atoms with Gasteiger partial charge in [-0.05, 0) is 32.1 Å². The third kappa shape index (κ3) is 4.05. The van der Waals surface area contributed by atoms with Crippen LogP contribution < -0.4 is 5.56 Å². The average Bonchev–Trinajstić information content (AvgIpc) is 3.25. The number of fused-ring (bicyclic) bond motifs is 1. The quantitative estimate of drug-likeness (QED) is 0.818. The van der Waals surface area contributed by atoms with E-state index >= 15 is 0 Å². The highest BCUT2D eigenvalue weighted by Crippen LogP contribution is 2.31. The first-order valence-electron chi connectivity index (χ1n) is 11.8. The highest BCUT2D eigenvalue weighted by atomic mass is 16.2. The van der Waals surface area contributed by atoms with Crippen LogP contribution in [0.1, 0.15) is 84.8 Å². The topological polar surface area (TPSA) is 87.1 Å². The van der Waals surface area contributed by atoms with Crippen molar-refractivity contribution in [3.05, 3.63) is 45.4 Å². The van der Waals surface area contributed by atoms with Gasteiger partial charge in [-0.25, -0.2) is 4.98 Å². The van der Waals surface area contributed by atoms with Crippen LogP contribution >= 0.6 is 0 Å². The van der Waals surface area contributed by atoms with Crippen LogP contribution in [0.4, 0.5) is 0 Å². The summed E-state index contributed by atoms with van der Waals surface area (Å²) in [6, 6.07) is 0.419. The van der Waals surface area contributed by atoms with Gasteiger partial charge < -0.3 is 9.88 Å². The van der Waals surface area contributed by atoms with E-state index in [-0.39, 0.29) is 17.5 Å². The van der Waals surface area contributed by atoms with Crippen molar-refractivity contribution in [2.24, 2.45) is 7.05 Å². The van der Waals surface area contributed by atoms with Crippen LogP contribution in [0.5, 0.6) is 0 Å². The fourth-order valence-electron chi connectivity index (χ4n) is 5.54. The van der Waals surface area contributed by atoms with Crippen LogP contribution in [0.2, 0.25) is 0 Å². The lowest BCUT2D eigenvalue weighted by Crippen LogP contribution is -2.44. The Morgan fingerprint density at radius 3 is 2.68 bits per heavy atom. The number of carbonyl (C=O) groups is 1. The summed E-state index contributed by atoms with van der Waals surface area (Å²) in [4.78, 5) is 38.5. The van der Waals surface area contributed by atoms with Gasteiger partial charge in [-0.15, -0.1) is 0 Å². The number of nitrogens with one attached hydrogen (secondary N) is 1. The fraction of sp³-hybridized carbons (Fsp3) is 0.652. The Morgan fingerprint density at radius 1 is 1.10 bits per heavy atom. The van der Waals surface area contributed by atoms with Crippen LogP contribution in [0.3, 0.4) is 0 Å². The van der Waals surface area contributed by atoms with Crippen molar-refractivity contribution < 1.29 is 4.79 Å². The van der Waals surface area contributed by atoms with Crippen LogP contribution in [0, 0.1) is 0 Å². The van der Waals surface area contributed by atoms with E-state index in [4.69, 9.17) is 4.98 Å². The fourth-order valence-corrected chi connectivity index (χ4v) is 5.54. The molecule has 1 saturated carbocycles. The molecule has 1 N–H and O–H groups in total. The van der Waals surface area contributed by atoms with Crippen molar-refractivity contribution in [1.29, 1.82) is 0 Å². The van der Waals surface area contributed by atoms with Gasteiger partial charge >= 0.3 is 0 Å². The molecular weight excluding hydrogens is 392 g/mol. The van der Waals surface area contributed by atoms with Gasteiger partial charge in [-0.1, -0.05) is 19.3 Å². The van der Waals surface area contributed by atoms with E-state index in [1.807, 2.05) is 11.9 Å². The molecule has 166 valence electrons. The van der Waals surface area contributed by atoms with Crippen molar-refractivity contribution in [3.63, 3.8) is 0 Å². The smallest absolute Gasteiger partial charge is 0.257 e. The summed E-state index contributed by atoms with van der Waals surface area (Å²) >= 11 is 0. The Labute approximate surface area is 182 Å². The molecule has 1 aliphatic carbocycles. The van der Waals surface area contributed by atoms with Crippen LogP contribution in [-0.2, 0) is 20.0 Å². The highest BCUT2D eigenvalue weighted by Gasteiger charge is 2.33. The van der Waals surface area contributed by atoms with Gasteiger partial charge in [0, 0.05) is 45.3 Å². The number of piperidine rings is 1. The number of hydrogen-bond donors (Lipinski definition) is 1. The first kappa shape index (κ1) is 20.4. The molecule has 8 nitrogen and oxygen atoms in total. The zero-order valence-electron chi connectivity index (χ0n) is 18.3. The molecule has 1 amide bonds. The molecule has 5 rings (SSSR count). The van der Waals surface area contributed by atoms with Gasteiger partial charge in [0.15, 0.2) is 0 Å². The molecule has 2 aromatic rings. The van der Waals surface area contributed by atoms with Gasteiger partial charge in [0.1, 0.15) is 5.82 Å². The van der Waals surface area contributed by atoms with Crippen LogP contribution in [0.15, 0.2) is 17.2 Å².